The van der Waals surface area contributed by atoms with Crippen molar-refractivity contribution >= 4 is 51.7 Å². The van der Waals surface area contributed by atoms with Gasteiger partial charge in [-0.05, 0) is 23.3 Å². The molecular formula is C32H37N5O10. The van der Waals surface area contributed by atoms with E-state index in [4.69, 9.17) is 0 Å². The third-order valence-electron chi connectivity index (χ3n) is 8.07. The molecule has 2 heterocycles. The van der Waals surface area contributed by atoms with Crippen molar-refractivity contribution in [3.63, 3.8) is 0 Å². The summed E-state index contributed by atoms with van der Waals surface area (Å²) < 4.78 is 0. The fourth-order valence-electron chi connectivity index (χ4n) is 5.80. The summed E-state index contributed by atoms with van der Waals surface area (Å²) in [6.45, 7) is -2.24. The lowest BCUT2D eigenvalue weighted by atomic mass is 10.0. The molecule has 0 bridgehead atoms. The Labute approximate surface area is 268 Å². The Hall–Kier alpha value is -5.25. The molecule has 0 fully saturated rings. The van der Waals surface area contributed by atoms with Gasteiger partial charge in [-0.3, -0.25) is 38.7 Å². The largest absolute Gasteiger partial charge is 0.480 e. The number of hydrogen-bond donors (Lipinski definition) is 7. The molecule has 0 aliphatic heterocycles. The molecule has 47 heavy (non-hydrogen) atoms. The highest BCUT2D eigenvalue weighted by Crippen LogP contribution is 2.22. The van der Waals surface area contributed by atoms with Gasteiger partial charge in [0.1, 0.15) is 12.1 Å². The van der Waals surface area contributed by atoms with Crippen molar-refractivity contribution in [1.29, 1.82) is 0 Å². The summed E-state index contributed by atoms with van der Waals surface area (Å²) in [5.74, 6) is -6.27. The van der Waals surface area contributed by atoms with E-state index in [1.54, 1.807) is 24.5 Å². The Bertz CT molecular complexity index is 1620. The number of aromatic nitrogens is 2. The van der Waals surface area contributed by atoms with E-state index in [2.05, 4.69) is 9.97 Å². The second kappa shape index (κ2) is 15.8. The van der Waals surface area contributed by atoms with Crippen molar-refractivity contribution in [3.8, 4) is 0 Å². The molecule has 15 heteroatoms. The Morgan fingerprint density at radius 1 is 0.553 bits per heavy atom. The Kier molecular flexibility index (Phi) is 11.7. The van der Waals surface area contributed by atoms with Crippen molar-refractivity contribution in [1.82, 2.24) is 24.7 Å². The number of H-pyrrole nitrogens is 2. The second-order valence-corrected chi connectivity index (χ2v) is 11.2. The average Bonchev–Trinajstić information content (AvgIpc) is 3.61. The Morgan fingerprint density at radius 3 is 1.30 bits per heavy atom. The summed E-state index contributed by atoms with van der Waals surface area (Å²) in [7, 11) is 0. The van der Waals surface area contributed by atoms with Crippen LogP contribution >= 0.6 is 0 Å². The molecule has 2 aromatic carbocycles. The van der Waals surface area contributed by atoms with Crippen molar-refractivity contribution in [2.75, 3.05) is 45.8 Å². The summed E-state index contributed by atoms with van der Waals surface area (Å²) in [6.07, 6.45) is 3.29. The van der Waals surface area contributed by atoms with Gasteiger partial charge in [0.25, 0.3) is 0 Å². The molecule has 0 unspecified atom stereocenters. The summed E-state index contributed by atoms with van der Waals surface area (Å²) in [5.41, 5.74) is 2.92. The number of carboxylic acid groups (broad SMARTS) is 5. The zero-order valence-electron chi connectivity index (χ0n) is 25.4. The molecule has 0 aliphatic carbocycles. The lowest BCUT2D eigenvalue weighted by Crippen LogP contribution is -2.51. The maximum Gasteiger partial charge on any atom is 0.321 e. The molecule has 2 atom stereocenters. The molecular weight excluding hydrogens is 614 g/mol. The molecule has 15 nitrogen and oxygen atoms in total. The highest BCUT2D eigenvalue weighted by molar-refractivity contribution is 5.85. The van der Waals surface area contributed by atoms with Crippen LogP contribution in [0.5, 0.6) is 0 Å². The first-order valence-electron chi connectivity index (χ1n) is 14.8. The molecule has 4 rings (SSSR count). The lowest BCUT2D eigenvalue weighted by molar-refractivity contribution is -0.147. The first-order valence-corrected chi connectivity index (χ1v) is 14.8. The highest BCUT2D eigenvalue weighted by Gasteiger charge is 2.31. The standard InChI is InChI=1S/C32H37N5O10/c38-28(39)17-35(9-11-36(18-29(40)41)26(31(44)45)13-20-15-33-24-7-3-1-5-22(20)24)10-12-37(19-30(42)43)27(32(46)47)14-21-16-34-25-8-4-2-6-23(21)25/h1-8,15-16,26-27,33-34H,9-14,17-19H2,(H,38,39)(H,40,41)(H,42,43)(H,44,45)(H,46,47)/t26-,27-/m0/s1. The number of nitrogens with one attached hydrogen (secondary N) is 2. The average molecular weight is 652 g/mol. The van der Waals surface area contributed by atoms with Gasteiger partial charge in [-0.25, -0.2) is 0 Å². The zero-order chi connectivity index (χ0) is 34.1. The second-order valence-electron chi connectivity index (χ2n) is 11.2. The highest BCUT2D eigenvalue weighted by atomic mass is 16.4. The van der Waals surface area contributed by atoms with E-state index in [9.17, 15) is 49.5 Å². The molecule has 0 saturated carbocycles. The van der Waals surface area contributed by atoms with E-state index in [-0.39, 0.29) is 39.0 Å². The summed E-state index contributed by atoms with van der Waals surface area (Å²) in [4.78, 5) is 70.2. The van der Waals surface area contributed by atoms with Crippen LogP contribution in [0.1, 0.15) is 11.1 Å². The van der Waals surface area contributed by atoms with Crippen LogP contribution in [-0.4, -0.2) is 138 Å². The van der Waals surface area contributed by atoms with Crippen LogP contribution in [0.4, 0.5) is 0 Å². The first kappa shape index (κ1) is 34.6. The smallest absolute Gasteiger partial charge is 0.321 e. The normalized spacial score (nSPS) is 13.0. The zero-order valence-corrected chi connectivity index (χ0v) is 25.4. The Morgan fingerprint density at radius 2 is 0.936 bits per heavy atom. The van der Waals surface area contributed by atoms with Gasteiger partial charge in [0, 0.05) is 73.2 Å². The number of carbonyl (C=O) groups is 5. The van der Waals surface area contributed by atoms with Crippen LogP contribution in [0.2, 0.25) is 0 Å². The first-order chi connectivity index (χ1) is 22.4. The van der Waals surface area contributed by atoms with E-state index in [1.165, 1.54) is 14.7 Å². The summed E-state index contributed by atoms with van der Waals surface area (Å²) in [5, 5.41) is 50.6. The molecule has 0 aliphatic rings. The number of para-hydroxylation sites is 2. The van der Waals surface area contributed by atoms with E-state index < -0.39 is 61.6 Å². The topological polar surface area (TPSA) is 228 Å². The van der Waals surface area contributed by atoms with Gasteiger partial charge in [0.05, 0.1) is 19.6 Å². The van der Waals surface area contributed by atoms with Crippen LogP contribution in [-0.2, 0) is 36.8 Å². The number of aromatic amines is 2. The van der Waals surface area contributed by atoms with Crippen LogP contribution in [0, 0.1) is 0 Å². The molecule has 250 valence electrons. The number of fused-ring (bicyclic) bond motifs is 2. The van der Waals surface area contributed by atoms with Crippen LogP contribution in [0.3, 0.4) is 0 Å². The van der Waals surface area contributed by atoms with E-state index in [0.717, 1.165) is 21.8 Å². The number of aliphatic carboxylic acids is 5. The quantitative estimate of drug-likeness (QED) is 0.0720. The monoisotopic (exact) mass is 651 g/mol. The molecule has 0 amide bonds. The predicted molar refractivity (Wildman–Crippen MR) is 169 cm³/mol. The fourth-order valence-corrected chi connectivity index (χ4v) is 5.80. The van der Waals surface area contributed by atoms with Crippen LogP contribution in [0.15, 0.2) is 60.9 Å². The maximum absolute atomic E-state index is 12.4. The van der Waals surface area contributed by atoms with E-state index in [0.29, 0.717) is 11.1 Å². The lowest BCUT2D eigenvalue weighted by Gasteiger charge is -2.32. The Balaban J connectivity index is 1.51. The maximum atomic E-state index is 12.4. The van der Waals surface area contributed by atoms with Gasteiger partial charge in [-0.1, -0.05) is 36.4 Å². The fraction of sp³-hybridized carbons (Fsp3) is 0.344. The van der Waals surface area contributed by atoms with Gasteiger partial charge in [-0.15, -0.1) is 0 Å². The van der Waals surface area contributed by atoms with Gasteiger partial charge in [0.15, 0.2) is 0 Å². The van der Waals surface area contributed by atoms with Crippen LogP contribution < -0.4 is 0 Å². The number of nitrogens with zero attached hydrogens (tertiary/aromatic N) is 3. The van der Waals surface area contributed by atoms with Crippen molar-refractivity contribution < 1.29 is 49.5 Å². The van der Waals surface area contributed by atoms with Gasteiger partial charge >= 0.3 is 29.8 Å². The molecule has 0 saturated heterocycles. The minimum absolute atomic E-state index is 0.0218. The molecule has 4 aromatic rings. The van der Waals surface area contributed by atoms with Crippen molar-refractivity contribution in [3.05, 3.63) is 72.1 Å². The van der Waals surface area contributed by atoms with E-state index in [1.807, 2.05) is 36.4 Å². The van der Waals surface area contributed by atoms with Gasteiger partial charge < -0.3 is 35.5 Å². The SMILES string of the molecule is O=C(O)CN(CCN(CC(=O)O)[C@@H](Cc1c[nH]c2ccccc12)C(=O)O)CCN(CC(=O)O)[C@@H](Cc1c[nH]c2ccccc12)C(=O)O. The minimum atomic E-state index is -1.27. The molecule has 0 radical (unpaired) electrons. The molecule has 0 spiro atoms. The van der Waals surface area contributed by atoms with E-state index >= 15 is 0 Å². The molecule has 7 N–H and O–H groups in total. The summed E-state index contributed by atoms with van der Waals surface area (Å²) >= 11 is 0. The van der Waals surface area contributed by atoms with Crippen LogP contribution in [0.25, 0.3) is 21.8 Å². The van der Waals surface area contributed by atoms with Gasteiger partial charge in [0.2, 0.25) is 0 Å². The number of carboxylic acids is 5. The minimum Gasteiger partial charge on any atom is -0.480 e. The third kappa shape index (κ3) is 9.38. The van der Waals surface area contributed by atoms with Crippen molar-refractivity contribution in [2.24, 2.45) is 0 Å². The summed E-state index contributed by atoms with van der Waals surface area (Å²) in [6, 6.07) is 12.0. The predicted octanol–water partition coefficient (Wildman–Crippen LogP) is 1.50. The third-order valence-corrected chi connectivity index (χ3v) is 8.07. The van der Waals surface area contributed by atoms with Crippen molar-refractivity contribution in [2.45, 2.75) is 24.9 Å². The molecule has 2 aromatic heterocycles. The number of benzene rings is 2. The number of rotatable bonds is 20. The number of hydrogen-bond acceptors (Lipinski definition) is 8. The van der Waals surface area contributed by atoms with Gasteiger partial charge in [-0.2, -0.15) is 0 Å².